The summed E-state index contributed by atoms with van der Waals surface area (Å²) in [4.78, 5) is 29.4. The van der Waals surface area contributed by atoms with Crippen LogP contribution in [0.1, 0.15) is 35.2 Å². The molecule has 152 valence electrons. The quantitative estimate of drug-likeness (QED) is 0.703. The van der Waals surface area contributed by atoms with Crippen LogP contribution in [0.2, 0.25) is 0 Å². The third-order valence-corrected chi connectivity index (χ3v) is 6.10. The van der Waals surface area contributed by atoms with Gasteiger partial charge in [0.05, 0.1) is 5.69 Å². The molecule has 0 aromatic heterocycles. The Morgan fingerprint density at radius 1 is 0.900 bits per heavy atom. The minimum atomic E-state index is -0.159. The van der Waals surface area contributed by atoms with Crippen molar-refractivity contribution in [2.24, 2.45) is 0 Å². The number of carbonyl (C=O) groups is 2. The van der Waals surface area contributed by atoms with Crippen molar-refractivity contribution in [2.75, 3.05) is 29.4 Å². The van der Waals surface area contributed by atoms with Crippen molar-refractivity contribution >= 4 is 34.0 Å². The maximum atomic E-state index is 12.8. The Morgan fingerprint density at radius 2 is 1.63 bits per heavy atom. The van der Waals surface area contributed by atoms with Gasteiger partial charge in [0, 0.05) is 36.3 Å². The number of piperidine rings is 1. The first-order chi connectivity index (χ1) is 14.7. The largest absolute Gasteiger partial charge is 0.372 e. The summed E-state index contributed by atoms with van der Waals surface area (Å²) < 4.78 is 0. The van der Waals surface area contributed by atoms with Crippen LogP contribution in [0.25, 0.3) is 10.8 Å². The van der Waals surface area contributed by atoms with Gasteiger partial charge in [0.1, 0.15) is 6.54 Å². The molecule has 2 heterocycles. The van der Waals surface area contributed by atoms with E-state index in [0.717, 1.165) is 35.1 Å². The summed E-state index contributed by atoms with van der Waals surface area (Å²) in [5.74, 6) is -0.267. The van der Waals surface area contributed by atoms with Crippen molar-refractivity contribution < 1.29 is 9.59 Å². The highest BCUT2D eigenvalue weighted by atomic mass is 16.2. The maximum Gasteiger partial charge on any atom is 0.259 e. The molecule has 0 radical (unpaired) electrons. The van der Waals surface area contributed by atoms with Gasteiger partial charge in [-0.25, -0.2) is 0 Å². The van der Waals surface area contributed by atoms with Crippen molar-refractivity contribution in [1.82, 2.24) is 5.32 Å². The van der Waals surface area contributed by atoms with Gasteiger partial charge in [0.15, 0.2) is 0 Å². The second-order valence-corrected chi connectivity index (χ2v) is 8.06. The van der Waals surface area contributed by atoms with Gasteiger partial charge in [-0.1, -0.05) is 36.4 Å². The summed E-state index contributed by atoms with van der Waals surface area (Å²) in [6.45, 7) is 2.72. The standard InChI is InChI=1S/C25H25N3O2/c29-23(26-16-18-10-12-20(13-11-18)27-14-2-1-3-15-27)17-28-22-9-5-7-19-6-4-8-21(24(19)22)25(28)30/h4-13H,1-3,14-17H2,(H,26,29). The van der Waals surface area contributed by atoms with E-state index in [2.05, 4.69) is 34.5 Å². The van der Waals surface area contributed by atoms with E-state index in [-0.39, 0.29) is 18.4 Å². The van der Waals surface area contributed by atoms with E-state index in [4.69, 9.17) is 0 Å². The molecule has 2 aliphatic heterocycles. The summed E-state index contributed by atoms with van der Waals surface area (Å²) >= 11 is 0. The molecule has 2 aliphatic rings. The van der Waals surface area contributed by atoms with Gasteiger partial charge in [-0.3, -0.25) is 14.5 Å². The summed E-state index contributed by atoms with van der Waals surface area (Å²) in [6.07, 6.45) is 3.83. The number of carbonyl (C=O) groups excluding carboxylic acids is 2. The Bertz CT molecular complexity index is 1100. The fourth-order valence-electron chi connectivity index (χ4n) is 4.51. The van der Waals surface area contributed by atoms with Crippen LogP contribution in [-0.4, -0.2) is 31.4 Å². The van der Waals surface area contributed by atoms with Crippen molar-refractivity contribution in [2.45, 2.75) is 25.8 Å². The lowest BCUT2D eigenvalue weighted by molar-refractivity contribution is -0.119. The van der Waals surface area contributed by atoms with Crippen LogP contribution in [0.3, 0.4) is 0 Å². The number of amides is 2. The normalized spacial score (nSPS) is 15.7. The van der Waals surface area contributed by atoms with Crippen LogP contribution in [0.5, 0.6) is 0 Å². The zero-order valence-electron chi connectivity index (χ0n) is 16.9. The molecule has 5 rings (SSSR count). The van der Waals surface area contributed by atoms with Crippen molar-refractivity contribution in [3.8, 4) is 0 Å². The number of nitrogens with zero attached hydrogens (tertiary/aromatic N) is 2. The third-order valence-electron chi connectivity index (χ3n) is 6.10. The van der Waals surface area contributed by atoms with E-state index in [1.165, 1.54) is 24.9 Å². The molecule has 0 saturated carbocycles. The number of nitrogens with one attached hydrogen (secondary N) is 1. The molecule has 5 heteroatoms. The SMILES string of the molecule is O=C(CN1C(=O)c2cccc3cccc1c23)NCc1ccc(N2CCCCC2)cc1. The summed E-state index contributed by atoms with van der Waals surface area (Å²) in [7, 11) is 0. The highest BCUT2D eigenvalue weighted by Gasteiger charge is 2.30. The van der Waals surface area contributed by atoms with Gasteiger partial charge in [-0.05, 0) is 54.5 Å². The molecule has 1 N–H and O–H groups in total. The minimum absolute atomic E-state index is 0.0263. The number of rotatable bonds is 5. The molecular formula is C25H25N3O2. The van der Waals surface area contributed by atoms with E-state index < -0.39 is 0 Å². The monoisotopic (exact) mass is 399 g/mol. The van der Waals surface area contributed by atoms with Gasteiger partial charge in [-0.15, -0.1) is 0 Å². The Hall–Kier alpha value is -3.34. The minimum Gasteiger partial charge on any atom is -0.372 e. The second kappa shape index (κ2) is 7.82. The third kappa shape index (κ3) is 3.41. The lowest BCUT2D eigenvalue weighted by atomic mass is 10.1. The van der Waals surface area contributed by atoms with Gasteiger partial charge in [0.25, 0.3) is 5.91 Å². The number of hydrogen-bond donors (Lipinski definition) is 1. The Balaban J connectivity index is 1.22. The van der Waals surface area contributed by atoms with E-state index in [1.807, 2.05) is 36.4 Å². The van der Waals surface area contributed by atoms with Crippen LogP contribution in [0.4, 0.5) is 11.4 Å². The Kier molecular flexibility index (Phi) is 4.87. The fraction of sp³-hybridized carbons (Fsp3) is 0.280. The first-order valence-electron chi connectivity index (χ1n) is 10.6. The maximum absolute atomic E-state index is 12.8. The molecule has 30 heavy (non-hydrogen) atoms. The predicted octanol–water partition coefficient (Wildman–Crippen LogP) is 4.11. The molecule has 1 saturated heterocycles. The first kappa shape index (κ1) is 18.7. The Morgan fingerprint density at radius 3 is 2.40 bits per heavy atom. The summed E-state index contributed by atoms with van der Waals surface area (Å²) in [6, 6.07) is 19.9. The summed E-state index contributed by atoms with van der Waals surface area (Å²) in [5, 5.41) is 4.92. The first-order valence-corrected chi connectivity index (χ1v) is 10.6. The molecule has 5 nitrogen and oxygen atoms in total. The number of hydrogen-bond acceptors (Lipinski definition) is 3. The van der Waals surface area contributed by atoms with Crippen molar-refractivity contribution in [3.63, 3.8) is 0 Å². The summed E-state index contributed by atoms with van der Waals surface area (Å²) in [5.41, 5.74) is 3.79. The smallest absolute Gasteiger partial charge is 0.259 e. The fourth-order valence-corrected chi connectivity index (χ4v) is 4.51. The predicted molar refractivity (Wildman–Crippen MR) is 120 cm³/mol. The average Bonchev–Trinajstić information content (AvgIpc) is 3.07. The lowest BCUT2D eigenvalue weighted by Crippen LogP contribution is -2.38. The van der Waals surface area contributed by atoms with Gasteiger partial charge < -0.3 is 10.2 Å². The Labute approximate surface area is 176 Å². The van der Waals surface area contributed by atoms with E-state index >= 15 is 0 Å². The van der Waals surface area contributed by atoms with Crippen LogP contribution in [0, 0.1) is 0 Å². The molecule has 3 aromatic carbocycles. The second-order valence-electron chi connectivity index (χ2n) is 8.06. The van der Waals surface area contributed by atoms with E-state index in [1.54, 1.807) is 4.90 Å². The molecule has 0 bridgehead atoms. The number of anilines is 2. The average molecular weight is 399 g/mol. The zero-order valence-corrected chi connectivity index (χ0v) is 16.9. The van der Waals surface area contributed by atoms with Gasteiger partial charge in [-0.2, -0.15) is 0 Å². The van der Waals surface area contributed by atoms with Crippen molar-refractivity contribution in [1.29, 1.82) is 0 Å². The molecule has 2 amide bonds. The molecule has 0 spiro atoms. The lowest BCUT2D eigenvalue weighted by Gasteiger charge is -2.28. The van der Waals surface area contributed by atoms with E-state index in [9.17, 15) is 9.59 Å². The van der Waals surface area contributed by atoms with Crippen LogP contribution in [-0.2, 0) is 11.3 Å². The van der Waals surface area contributed by atoms with Gasteiger partial charge in [0.2, 0.25) is 5.91 Å². The van der Waals surface area contributed by atoms with E-state index in [0.29, 0.717) is 12.1 Å². The highest BCUT2D eigenvalue weighted by Crippen LogP contribution is 2.36. The van der Waals surface area contributed by atoms with Crippen LogP contribution < -0.4 is 15.1 Å². The molecule has 0 unspecified atom stereocenters. The number of benzene rings is 3. The van der Waals surface area contributed by atoms with Gasteiger partial charge >= 0.3 is 0 Å². The topological polar surface area (TPSA) is 52.7 Å². The molecule has 0 atom stereocenters. The van der Waals surface area contributed by atoms with Crippen molar-refractivity contribution in [3.05, 3.63) is 71.8 Å². The molecule has 0 aliphatic carbocycles. The molecule has 3 aromatic rings. The highest BCUT2D eigenvalue weighted by molar-refractivity contribution is 6.26. The molecular weight excluding hydrogens is 374 g/mol. The zero-order chi connectivity index (χ0) is 20.5. The van der Waals surface area contributed by atoms with Crippen LogP contribution in [0.15, 0.2) is 60.7 Å². The molecule has 1 fully saturated rings. The van der Waals surface area contributed by atoms with Crippen LogP contribution >= 0.6 is 0 Å².